The Morgan fingerprint density at radius 2 is 2.33 bits per heavy atom. The van der Waals surface area contributed by atoms with Crippen LogP contribution < -0.4 is 5.32 Å². The lowest BCUT2D eigenvalue weighted by Crippen LogP contribution is -2.24. The summed E-state index contributed by atoms with van der Waals surface area (Å²) in [5, 5.41) is 2.52. The third-order valence-corrected chi connectivity index (χ3v) is 1.96. The molecule has 1 amide bonds. The highest BCUT2D eigenvalue weighted by Gasteiger charge is 2.15. The molecule has 0 aliphatic heterocycles. The van der Waals surface area contributed by atoms with E-state index in [9.17, 15) is 9.59 Å². The molecule has 0 aliphatic carbocycles. The third-order valence-electron chi connectivity index (χ3n) is 1.71. The molecule has 6 heteroatoms. The van der Waals surface area contributed by atoms with Crippen molar-refractivity contribution in [2.75, 3.05) is 13.0 Å². The Kier molecular flexibility index (Phi) is 4.17. The minimum Gasteiger partial charge on any atom is -0.463 e. The van der Waals surface area contributed by atoms with Gasteiger partial charge in [-0.25, -0.2) is 4.79 Å². The number of nitrogens with one attached hydrogen (secondary N) is 1. The lowest BCUT2D eigenvalue weighted by atomic mass is 10.2. The third kappa shape index (κ3) is 2.99. The molecule has 0 unspecified atom stereocenters. The molecule has 15 heavy (non-hydrogen) atoms. The summed E-state index contributed by atoms with van der Waals surface area (Å²) in [6.07, 6.45) is 1.36. The summed E-state index contributed by atoms with van der Waals surface area (Å²) < 4.78 is 9.42. The molecular weight excluding hydrogens is 222 g/mol. The highest BCUT2D eigenvalue weighted by molar-refractivity contribution is 6.27. The number of esters is 1. The first-order valence-corrected chi connectivity index (χ1v) is 4.69. The molecule has 0 bridgehead atoms. The van der Waals surface area contributed by atoms with Crippen LogP contribution in [0.3, 0.4) is 0 Å². The summed E-state index contributed by atoms with van der Waals surface area (Å²) in [4.78, 5) is 22.0. The van der Waals surface area contributed by atoms with E-state index in [1.807, 2.05) is 0 Å². The van der Waals surface area contributed by atoms with E-state index in [4.69, 9.17) is 16.0 Å². The molecule has 0 aromatic carbocycles. The molecule has 1 aromatic rings. The van der Waals surface area contributed by atoms with Gasteiger partial charge in [-0.15, -0.1) is 11.6 Å². The molecule has 1 rings (SSSR count). The summed E-state index contributed by atoms with van der Waals surface area (Å²) in [5.74, 6) is -0.915. The van der Waals surface area contributed by atoms with Crippen molar-refractivity contribution in [1.29, 1.82) is 0 Å². The molecule has 0 fully saturated rings. The van der Waals surface area contributed by atoms with Crippen LogP contribution in [-0.2, 0) is 16.1 Å². The number of alkyl halides is 1. The summed E-state index contributed by atoms with van der Waals surface area (Å²) in [6.45, 7) is 0.187. The number of halogens is 1. The second kappa shape index (κ2) is 5.41. The second-order valence-corrected chi connectivity index (χ2v) is 2.94. The van der Waals surface area contributed by atoms with Gasteiger partial charge in [-0.3, -0.25) is 4.79 Å². The van der Waals surface area contributed by atoms with Crippen molar-refractivity contribution >= 4 is 23.5 Å². The predicted octanol–water partition coefficient (Wildman–Crippen LogP) is 0.921. The minimum atomic E-state index is -0.574. The fourth-order valence-corrected chi connectivity index (χ4v) is 1.08. The van der Waals surface area contributed by atoms with E-state index >= 15 is 0 Å². The monoisotopic (exact) mass is 231 g/mol. The fraction of sp³-hybridized carbons (Fsp3) is 0.333. The maximum Gasteiger partial charge on any atom is 0.374 e. The van der Waals surface area contributed by atoms with Crippen LogP contribution in [0.5, 0.6) is 0 Å². The van der Waals surface area contributed by atoms with Crippen LogP contribution in [0.1, 0.15) is 16.1 Å². The molecule has 5 nitrogen and oxygen atoms in total. The van der Waals surface area contributed by atoms with Gasteiger partial charge in [0, 0.05) is 12.1 Å². The van der Waals surface area contributed by atoms with Crippen LogP contribution in [0.4, 0.5) is 0 Å². The zero-order chi connectivity index (χ0) is 11.3. The molecule has 0 atom stereocenters. The average molecular weight is 232 g/mol. The SMILES string of the molecule is COC(=O)c1occc1CNC(=O)CCl. The molecular formula is C9H10ClNO4. The van der Waals surface area contributed by atoms with Crippen LogP contribution in [0.25, 0.3) is 0 Å². The molecule has 0 aliphatic rings. The maximum atomic E-state index is 11.2. The largest absolute Gasteiger partial charge is 0.463 e. The van der Waals surface area contributed by atoms with E-state index in [0.29, 0.717) is 5.56 Å². The van der Waals surface area contributed by atoms with E-state index in [2.05, 4.69) is 10.1 Å². The van der Waals surface area contributed by atoms with Crippen LogP contribution in [0.2, 0.25) is 0 Å². The zero-order valence-corrected chi connectivity index (χ0v) is 8.84. The quantitative estimate of drug-likeness (QED) is 0.618. The van der Waals surface area contributed by atoms with Gasteiger partial charge < -0.3 is 14.5 Å². The highest BCUT2D eigenvalue weighted by Crippen LogP contribution is 2.11. The van der Waals surface area contributed by atoms with Crippen molar-refractivity contribution in [3.63, 3.8) is 0 Å². The maximum absolute atomic E-state index is 11.2. The summed E-state index contributed by atoms with van der Waals surface area (Å²) >= 11 is 5.29. The molecule has 1 aromatic heterocycles. The topological polar surface area (TPSA) is 68.5 Å². The van der Waals surface area contributed by atoms with E-state index in [1.165, 1.54) is 13.4 Å². The lowest BCUT2D eigenvalue weighted by Gasteiger charge is -2.02. The van der Waals surface area contributed by atoms with Crippen molar-refractivity contribution in [2.45, 2.75) is 6.54 Å². The zero-order valence-electron chi connectivity index (χ0n) is 8.08. The molecule has 0 spiro atoms. The number of methoxy groups -OCH3 is 1. The van der Waals surface area contributed by atoms with Crippen molar-refractivity contribution in [3.8, 4) is 0 Å². The molecule has 82 valence electrons. The smallest absolute Gasteiger partial charge is 0.374 e. The van der Waals surface area contributed by atoms with Crippen molar-refractivity contribution < 1.29 is 18.7 Å². The number of hydrogen-bond donors (Lipinski definition) is 1. The Balaban J connectivity index is 2.65. The van der Waals surface area contributed by atoms with Crippen molar-refractivity contribution in [1.82, 2.24) is 5.32 Å². The van der Waals surface area contributed by atoms with Crippen molar-refractivity contribution in [2.24, 2.45) is 0 Å². The van der Waals surface area contributed by atoms with Gasteiger partial charge in [0.25, 0.3) is 0 Å². The van der Waals surface area contributed by atoms with E-state index in [0.717, 1.165) is 0 Å². The molecule has 0 saturated carbocycles. The first kappa shape index (κ1) is 11.6. The summed E-state index contributed by atoms with van der Waals surface area (Å²) in [5.41, 5.74) is 0.556. The van der Waals surface area contributed by atoms with Gasteiger partial charge in [0.05, 0.1) is 13.4 Å². The van der Waals surface area contributed by atoms with Crippen LogP contribution >= 0.6 is 11.6 Å². The summed E-state index contributed by atoms with van der Waals surface area (Å²) in [7, 11) is 1.26. The average Bonchev–Trinajstić information content (AvgIpc) is 2.72. The van der Waals surface area contributed by atoms with Gasteiger partial charge in [-0.1, -0.05) is 0 Å². The van der Waals surface area contributed by atoms with Crippen LogP contribution in [0.15, 0.2) is 16.7 Å². The van der Waals surface area contributed by atoms with Crippen LogP contribution in [-0.4, -0.2) is 24.9 Å². The summed E-state index contributed by atoms with van der Waals surface area (Å²) in [6, 6.07) is 1.58. The molecule has 1 heterocycles. The first-order chi connectivity index (χ1) is 7.19. The lowest BCUT2D eigenvalue weighted by molar-refractivity contribution is -0.118. The first-order valence-electron chi connectivity index (χ1n) is 4.16. The number of rotatable bonds is 4. The standard InChI is InChI=1S/C9H10ClNO4/c1-14-9(13)8-6(2-3-15-8)5-11-7(12)4-10/h2-3H,4-5H2,1H3,(H,11,12). The molecule has 0 radical (unpaired) electrons. The van der Waals surface area contributed by atoms with E-state index < -0.39 is 5.97 Å². The minimum absolute atomic E-state index is 0.0902. The van der Waals surface area contributed by atoms with Gasteiger partial charge in [0.2, 0.25) is 11.7 Å². The Morgan fingerprint density at radius 3 is 2.93 bits per heavy atom. The van der Waals surface area contributed by atoms with Gasteiger partial charge in [0.15, 0.2) is 0 Å². The normalized spacial score (nSPS) is 9.73. The highest BCUT2D eigenvalue weighted by atomic mass is 35.5. The number of carbonyl (C=O) groups excluding carboxylic acids is 2. The Bertz CT molecular complexity index is 361. The van der Waals surface area contributed by atoms with Crippen molar-refractivity contribution in [3.05, 3.63) is 23.7 Å². The number of carbonyl (C=O) groups is 2. The number of hydrogen-bond acceptors (Lipinski definition) is 4. The predicted molar refractivity (Wildman–Crippen MR) is 52.6 cm³/mol. The van der Waals surface area contributed by atoms with Gasteiger partial charge >= 0.3 is 5.97 Å². The second-order valence-electron chi connectivity index (χ2n) is 2.68. The fourth-order valence-electron chi connectivity index (χ4n) is 0.988. The van der Waals surface area contributed by atoms with Gasteiger partial charge in [-0.05, 0) is 6.07 Å². The van der Waals surface area contributed by atoms with E-state index in [-0.39, 0.29) is 24.1 Å². The molecule has 1 N–H and O–H groups in total. The Labute approximate surface area is 91.3 Å². The number of ether oxygens (including phenoxy) is 1. The molecule has 0 saturated heterocycles. The Morgan fingerprint density at radius 1 is 1.60 bits per heavy atom. The van der Waals surface area contributed by atoms with Gasteiger partial charge in [0.1, 0.15) is 5.88 Å². The van der Waals surface area contributed by atoms with E-state index in [1.54, 1.807) is 6.07 Å². The number of furan rings is 1. The van der Waals surface area contributed by atoms with Crippen LogP contribution in [0, 0.1) is 0 Å². The van der Waals surface area contributed by atoms with Gasteiger partial charge in [-0.2, -0.15) is 0 Å². The number of amides is 1. The Hall–Kier alpha value is -1.49.